The molecule has 0 saturated carbocycles. The molecule has 1 unspecified atom stereocenters. The summed E-state index contributed by atoms with van der Waals surface area (Å²) in [7, 11) is 3.16. The maximum atomic E-state index is 13.4. The summed E-state index contributed by atoms with van der Waals surface area (Å²) in [5.41, 5.74) is 3.63. The van der Waals surface area contributed by atoms with E-state index in [1.807, 2.05) is 43.3 Å². The first-order valence-corrected chi connectivity index (χ1v) is 10.8. The molecule has 0 fully saturated rings. The van der Waals surface area contributed by atoms with Gasteiger partial charge < -0.3 is 14.2 Å². The van der Waals surface area contributed by atoms with E-state index in [-0.39, 0.29) is 12.4 Å². The van der Waals surface area contributed by atoms with Gasteiger partial charge >= 0.3 is 5.97 Å². The molecule has 1 aliphatic heterocycles. The van der Waals surface area contributed by atoms with Crippen molar-refractivity contribution in [3.05, 3.63) is 70.9 Å². The molecule has 32 heavy (non-hydrogen) atoms. The van der Waals surface area contributed by atoms with E-state index in [0.717, 1.165) is 23.2 Å². The van der Waals surface area contributed by atoms with Gasteiger partial charge in [0.1, 0.15) is 24.0 Å². The van der Waals surface area contributed by atoms with Gasteiger partial charge in [0.2, 0.25) is 0 Å². The maximum Gasteiger partial charge on any atom is 0.315 e. The number of carbonyl (C=O) groups excluding carboxylic acids is 2. The minimum absolute atomic E-state index is 0.0261. The first-order valence-electron chi connectivity index (χ1n) is 10.8. The Morgan fingerprint density at radius 2 is 1.84 bits per heavy atom. The van der Waals surface area contributed by atoms with Crippen LogP contribution in [-0.4, -0.2) is 31.7 Å². The summed E-state index contributed by atoms with van der Waals surface area (Å²) in [6.07, 6.45) is 1.93. The Kier molecular flexibility index (Phi) is 6.40. The molecule has 1 heterocycles. The number of carbonyl (C=O) groups is 2. The van der Waals surface area contributed by atoms with Crippen LogP contribution in [0, 0.1) is 5.92 Å². The van der Waals surface area contributed by atoms with Crippen LogP contribution in [0.2, 0.25) is 0 Å². The van der Waals surface area contributed by atoms with Gasteiger partial charge in [-0.25, -0.2) is 0 Å². The quantitative estimate of drug-likeness (QED) is 0.621. The van der Waals surface area contributed by atoms with Crippen LogP contribution in [0.4, 0.5) is 0 Å². The molecule has 0 aromatic heterocycles. The molecule has 0 spiro atoms. The second kappa shape index (κ2) is 9.39. The Morgan fingerprint density at radius 3 is 2.56 bits per heavy atom. The van der Waals surface area contributed by atoms with Crippen molar-refractivity contribution in [2.75, 3.05) is 14.2 Å². The predicted molar refractivity (Wildman–Crippen MR) is 121 cm³/mol. The van der Waals surface area contributed by atoms with E-state index in [0.29, 0.717) is 35.6 Å². The number of benzene rings is 2. The molecule has 1 aliphatic carbocycles. The van der Waals surface area contributed by atoms with Crippen LogP contribution in [0.1, 0.15) is 43.2 Å². The Morgan fingerprint density at radius 1 is 1.06 bits per heavy atom. The number of allylic oxidation sites excluding steroid dienone is 2. The van der Waals surface area contributed by atoms with Crippen molar-refractivity contribution in [3.63, 3.8) is 0 Å². The minimum Gasteiger partial charge on any atom is -0.497 e. The molecule has 2 aliphatic rings. The molecule has 0 bridgehead atoms. The second-order valence-electron chi connectivity index (χ2n) is 8.05. The zero-order valence-corrected chi connectivity index (χ0v) is 18.6. The molecule has 0 amide bonds. The number of rotatable bonds is 6. The highest BCUT2D eigenvalue weighted by Gasteiger charge is 2.44. The number of nitrogens with zero attached hydrogens (tertiary/aromatic N) is 1. The van der Waals surface area contributed by atoms with Crippen molar-refractivity contribution in [2.24, 2.45) is 10.9 Å². The first-order chi connectivity index (χ1) is 15.5. The summed E-state index contributed by atoms with van der Waals surface area (Å²) in [5, 5.41) is 0. The highest BCUT2D eigenvalue weighted by molar-refractivity contribution is 6.09. The highest BCUT2D eigenvalue weighted by Crippen LogP contribution is 2.47. The summed E-state index contributed by atoms with van der Waals surface area (Å²) in [6, 6.07) is 15.0. The van der Waals surface area contributed by atoms with Crippen LogP contribution in [0.5, 0.6) is 11.5 Å². The number of ether oxygens (including phenoxy) is 3. The molecule has 0 saturated heterocycles. The molecule has 0 radical (unpaired) electrons. The van der Waals surface area contributed by atoms with Crippen LogP contribution < -0.4 is 9.47 Å². The lowest BCUT2D eigenvalue weighted by Crippen LogP contribution is -2.37. The van der Waals surface area contributed by atoms with Gasteiger partial charge in [0.05, 0.1) is 14.2 Å². The van der Waals surface area contributed by atoms with Crippen molar-refractivity contribution in [1.82, 2.24) is 0 Å². The number of hydrogen-bond donors (Lipinski definition) is 0. The van der Waals surface area contributed by atoms with Crippen LogP contribution in [0.15, 0.2) is 64.8 Å². The average Bonchev–Trinajstić information content (AvgIpc) is 2.82. The Labute approximate surface area is 187 Å². The predicted octanol–water partition coefficient (Wildman–Crippen LogP) is 4.63. The molecule has 2 aromatic rings. The van der Waals surface area contributed by atoms with Gasteiger partial charge in [-0.15, -0.1) is 0 Å². The third kappa shape index (κ3) is 4.17. The Bertz CT molecular complexity index is 1090. The molecule has 2 aromatic carbocycles. The van der Waals surface area contributed by atoms with Gasteiger partial charge in [-0.05, 0) is 43.5 Å². The van der Waals surface area contributed by atoms with E-state index < -0.39 is 17.8 Å². The number of Topliss-reactive ketones (excluding diaryl/α,β-unsaturated/α-hetero) is 1. The topological polar surface area (TPSA) is 74.2 Å². The van der Waals surface area contributed by atoms with Gasteiger partial charge in [0.15, 0.2) is 5.78 Å². The second-order valence-corrected chi connectivity index (χ2v) is 8.05. The van der Waals surface area contributed by atoms with Crippen molar-refractivity contribution >= 4 is 17.5 Å². The highest BCUT2D eigenvalue weighted by atomic mass is 16.5. The number of hydrogen-bond acceptors (Lipinski definition) is 6. The standard InChI is InChI=1S/C26H27NO5/c1-16-23(26(29)32-15-17-8-5-4-6-9-17)24(25-20(27-16)10-7-11-21(25)28)19-14-18(30-2)12-13-22(19)31-3/h4-6,8-9,12-14,23-24H,7,10-11,15H2,1-3H3/t23?,24-/m0/s1. The zero-order valence-electron chi connectivity index (χ0n) is 18.6. The lowest BCUT2D eigenvalue weighted by Gasteiger charge is -2.35. The monoisotopic (exact) mass is 433 g/mol. The summed E-state index contributed by atoms with van der Waals surface area (Å²) in [5.74, 6) is -0.420. The molecule has 2 atom stereocenters. The Hall–Kier alpha value is -3.41. The van der Waals surface area contributed by atoms with Crippen molar-refractivity contribution in [1.29, 1.82) is 0 Å². The summed E-state index contributed by atoms with van der Waals surface area (Å²) >= 11 is 0. The normalized spacial score (nSPS) is 20.3. The van der Waals surface area contributed by atoms with Gasteiger partial charge in [-0.1, -0.05) is 30.3 Å². The van der Waals surface area contributed by atoms with Crippen molar-refractivity contribution in [2.45, 2.75) is 38.7 Å². The van der Waals surface area contributed by atoms with Crippen molar-refractivity contribution < 1.29 is 23.8 Å². The lowest BCUT2D eigenvalue weighted by molar-refractivity contribution is -0.148. The van der Waals surface area contributed by atoms with E-state index in [2.05, 4.69) is 4.99 Å². The zero-order chi connectivity index (χ0) is 22.7. The van der Waals surface area contributed by atoms with E-state index in [1.165, 1.54) is 0 Å². The summed E-state index contributed by atoms with van der Waals surface area (Å²) in [4.78, 5) is 31.1. The smallest absolute Gasteiger partial charge is 0.315 e. The van der Waals surface area contributed by atoms with E-state index in [1.54, 1.807) is 26.4 Å². The average molecular weight is 434 g/mol. The van der Waals surface area contributed by atoms with Crippen LogP contribution in [0.3, 0.4) is 0 Å². The fraction of sp³-hybridized carbons (Fsp3) is 0.346. The number of methoxy groups -OCH3 is 2. The number of esters is 1. The SMILES string of the molecule is COc1ccc(OC)c([C@@H]2C3=C(CCCC3=O)N=C(C)C2C(=O)OCc2ccccc2)c1. The van der Waals surface area contributed by atoms with Crippen LogP contribution >= 0.6 is 0 Å². The third-order valence-electron chi connectivity index (χ3n) is 6.08. The molecule has 0 N–H and O–H groups in total. The molecule has 6 nitrogen and oxygen atoms in total. The third-order valence-corrected chi connectivity index (χ3v) is 6.08. The van der Waals surface area contributed by atoms with E-state index in [9.17, 15) is 9.59 Å². The molecule has 6 heteroatoms. The molecule has 166 valence electrons. The van der Waals surface area contributed by atoms with Crippen LogP contribution in [0.25, 0.3) is 0 Å². The maximum absolute atomic E-state index is 13.4. The Balaban J connectivity index is 1.78. The van der Waals surface area contributed by atoms with E-state index in [4.69, 9.17) is 14.2 Å². The molecular weight excluding hydrogens is 406 g/mol. The van der Waals surface area contributed by atoms with Crippen molar-refractivity contribution in [3.8, 4) is 11.5 Å². The lowest BCUT2D eigenvalue weighted by atomic mass is 9.71. The largest absolute Gasteiger partial charge is 0.497 e. The number of aliphatic imine (C=N–C) groups is 1. The van der Waals surface area contributed by atoms with E-state index >= 15 is 0 Å². The minimum atomic E-state index is -0.722. The first kappa shape index (κ1) is 21.8. The molecule has 4 rings (SSSR count). The fourth-order valence-corrected chi connectivity index (χ4v) is 4.55. The summed E-state index contributed by atoms with van der Waals surface area (Å²) in [6.45, 7) is 1.99. The summed E-state index contributed by atoms with van der Waals surface area (Å²) < 4.78 is 16.8. The van der Waals surface area contributed by atoms with Gasteiger partial charge in [-0.2, -0.15) is 0 Å². The fourth-order valence-electron chi connectivity index (χ4n) is 4.55. The number of ketones is 1. The van der Waals surface area contributed by atoms with Gasteiger partial charge in [0, 0.05) is 34.9 Å². The van der Waals surface area contributed by atoms with Gasteiger partial charge in [-0.3, -0.25) is 14.6 Å². The van der Waals surface area contributed by atoms with Crippen LogP contribution in [-0.2, 0) is 20.9 Å². The van der Waals surface area contributed by atoms with Gasteiger partial charge in [0.25, 0.3) is 0 Å². The molecular formula is C26H27NO5.